The first-order valence-electron chi connectivity index (χ1n) is 48.1. The van der Waals surface area contributed by atoms with E-state index < -0.39 is 280 Å². The highest BCUT2D eigenvalue weighted by atomic mass is 32.2. The Morgan fingerprint density at radius 1 is 0.440 bits per heavy atom. The van der Waals surface area contributed by atoms with E-state index in [0.717, 1.165) is 0 Å². The van der Waals surface area contributed by atoms with E-state index in [-0.39, 0.29) is 139 Å². The molecule has 1 saturated heterocycles. The summed E-state index contributed by atoms with van der Waals surface area (Å²) in [7, 11) is 0. The molecule has 0 saturated carbocycles. The van der Waals surface area contributed by atoms with Gasteiger partial charge in [0.15, 0.2) is 5.96 Å². The van der Waals surface area contributed by atoms with Crippen LogP contribution in [0.2, 0.25) is 0 Å². The number of aliphatic carboxylic acids is 3. The van der Waals surface area contributed by atoms with Gasteiger partial charge in [0.2, 0.25) is 106 Å². The molecule has 820 valence electrons. The van der Waals surface area contributed by atoms with Gasteiger partial charge in [0.05, 0.1) is 58.6 Å². The smallest absolute Gasteiger partial charge is 0.317 e. The average Bonchev–Trinajstić information content (AvgIpc) is 1.68. The number of aromatic amines is 2. The molecule has 11 atom stereocenters. The Labute approximate surface area is 866 Å². The number of nitrogens with two attached hydrogens (primary N) is 5. The quantitative estimate of drug-likeness (QED) is 0.00976. The minimum Gasteiger partial charge on any atom is -0.508 e. The summed E-state index contributed by atoms with van der Waals surface area (Å²) in [5, 5.41) is 87.2. The minimum absolute atomic E-state index is 0.0334. The van der Waals surface area contributed by atoms with Gasteiger partial charge in [-0.15, -0.1) is 0 Å². The van der Waals surface area contributed by atoms with Gasteiger partial charge in [-0.05, 0) is 123 Å². The van der Waals surface area contributed by atoms with E-state index in [4.69, 9.17) is 34.1 Å². The maximum absolute atomic E-state index is 14.8. The number of phenolic OH excluding ortho intramolecular Hbond substituents is 1. The lowest BCUT2D eigenvalue weighted by Gasteiger charge is -2.32. The number of carbonyl (C=O) groups is 22. The first kappa shape index (κ1) is 123. The summed E-state index contributed by atoms with van der Waals surface area (Å²) in [6, 6.07) is 0.0959. The molecule has 3 heterocycles. The van der Waals surface area contributed by atoms with E-state index in [1.165, 1.54) is 85.9 Å². The molecule has 19 amide bonds. The van der Waals surface area contributed by atoms with Crippen molar-refractivity contribution in [3.63, 3.8) is 0 Å². The zero-order chi connectivity index (χ0) is 111. The Kier molecular flexibility index (Phi) is 51.4. The second-order valence-electron chi connectivity index (χ2n) is 36.4. The van der Waals surface area contributed by atoms with E-state index >= 15 is 0 Å². The molecule has 0 radical (unpaired) electrons. The molecule has 0 spiro atoms. The van der Waals surface area contributed by atoms with Crippen LogP contribution >= 0.6 is 11.8 Å². The summed E-state index contributed by atoms with van der Waals surface area (Å²) in [5.41, 5.74) is 29.5. The van der Waals surface area contributed by atoms with E-state index in [1.807, 2.05) is 6.26 Å². The van der Waals surface area contributed by atoms with Crippen LogP contribution in [0.3, 0.4) is 0 Å². The fourth-order valence-corrected chi connectivity index (χ4v) is 15.9. The van der Waals surface area contributed by atoms with Crippen molar-refractivity contribution < 1.29 is 126 Å². The first-order valence-corrected chi connectivity index (χ1v) is 49.5. The van der Waals surface area contributed by atoms with Gasteiger partial charge >= 0.3 is 17.9 Å². The molecule has 55 nitrogen and oxygen atoms in total. The Morgan fingerprint density at radius 3 is 1.41 bits per heavy atom. The predicted molar refractivity (Wildman–Crippen MR) is 541 cm³/mol. The Bertz CT molecular complexity index is 5490. The normalized spacial score (nSPS) is 14.9. The average molecular weight is 2120 g/mol. The van der Waals surface area contributed by atoms with Crippen LogP contribution in [0, 0.1) is 17.2 Å². The molecule has 0 unspecified atom stereocenters. The molecular weight excluding hydrogens is 1980 g/mol. The minimum atomic E-state index is -1.99. The van der Waals surface area contributed by atoms with Crippen LogP contribution in [-0.2, 0) is 120 Å². The summed E-state index contributed by atoms with van der Waals surface area (Å²) in [5.74, 6) is -23.0. The van der Waals surface area contributed by atoms with Gasteiger partial charge < -0.3 is 144 Å². The number of carbonyl (C=O) groups excluding carboxylic acids is 19. The number of benzene rings is 3. The maximum Gasteiger partial charge on any atom is 0.317 e. The van der Waals surface area contributed by atoms with Crippen LogP contribution in [0.1, 0.15) is 120 Å². The summed E-state index contributed by atoms with van der Waals surface area (Å²) < 4.78 is 0. The highest BCUT2D eigenvalue weighted by molar-refractivity contribution is 7.98. The highest BCUT2D eigenvalue weighted by Crippen LogP contribution is 2.22. The number of primary amides is 4. The number of nitrogens with zero attached hydrogens (tertiary/aromatic N) is 5. The van der Waals surface area contributed by atoms with Gasteiger partial charge in [0.1, 0.15) is 72.2 Å². The number of hydrogen-bond donors (Lipinski definition) is 28. The largest absolute Gasteiger partial charge is 0.508 e. The van der Waals surface area contributed by atoms with Crippen molar-refractivity contribution in [2.75, 3.05) is 122 Å². The van der Waals surface area contributed by atoms with Crippen molar-refractivity contribution in [3.05, 3.63) is 114 Å². The van der Waals surface area contributed by atoms with Crippen molar-refractivity contribution in [1.82, 2.24) is 114 Å². The second-order valence-corrected chi connectivity index (χ2v) is 37.4. The van der Waals surface area contributed by atoms with Crippen molar-refractivity contribution in [2.45, 2.75) is 178 Å². The Balaban J connectivity index is 1.13. The number of thioether (sulfide) groups is 1. The van der Waals surface area contributed by atoms with Crippen LogP contribution < -0.4 is 114 Å². The zero-order valence-corrected chi connectivity index (χ0v) is 84.8. The fraction of sp³-hybridized carbons (Fsp3) is 0.511. The van der Waals surface area contributed by atoms with E-state index in [9.17, 15) is 126 Å². The topological polar surface area (TPSA) is 860 Å². The van der Waals surface area contributed by atoms with Gasteiger partial charge in [-0.3, -0.25) is 130 Å². The second kappa shape index (κ2) is 62.9. The third-order valence-corrected chi connectivity index (χ3v) is 24.0. The summed E-state index contributed by atoms with van der Waals surface area (Å²) in [4.78, 5) is 313. The molecule has 56 heteroatoms. The number of phenols is 1. The molecule has 2 aromatic heterocycles. The summed E-state index contributed by atoms with van der Waals surface area (Å²) in [6.45, 7) is 5.06. The van der Waals surface area contributed by atoms with Crippen LogP contribution in [0.5, 0.6) is 5.75 Å². The monoisotopic (exact) mass is 2120 g/mol. The number of nitrogens with one attached hydrogen (secondary N) is 19. The number of rotatable bonds is 62. The molecule has 33 N–H and O–H groups in total. The van der Waals surface area contributed by atoms with Crippen molar-refractivity contribution in [1.29, 1.82) is 5.41 Å². The number of aromatic hydroxyl groups is 1. The predicted octanol–water partition coefficient (Wildman–Crippen LogP) is -8.34. The Morgan fingerprint density at radius 2 is 0.907 bits per heavy atom. The Hall–Kier alpha value is -16.0. The number of fused-ring (bicyclic) bond motifs is 1. The van der Waals surface area contributed by atoms with E-state index in [0.29, 0.717) is 27.9 Å². The van der Waals surface area contributed by atoms with Crippen LogP contribution in [0.15, 0.2) is 91.5 Å². The van der Waals surface area contributed by atoms with Crippen molar-refractivity contribution in [3.8, 4) is 5.75 Å². The van der Waals surface area contributed by atoms with Crippen molar-refractivity contribution in [2.24, 2.45) is 40.5 Å². The van der Waals surface area contributed by atoms with Gasteiger partial charge in [-0.1, -0.05) is 58.0 Å². The summed E-state index contributed by atoms with van der Waals surface area (Å²) >= 11 is 1.42. The number of carboxylic acid groups (broad SMARTS) is 3. The number of hydrogen-bond acceptors (Lipinski definition) is 30. The lowest BCUT2D eigenvalue weighted by Crippen LogP contribution is -2.60. The number of imidazole rings is 1. The van der Waals surface area contributed by atoms with Crippen LogP contribution in [-0.4, -0.2) is 374 Å². The lowest BCUT2D eigenvalue weighted by molar-refractivity contribution is -0.140. The SMILES string of the molecule is CSCC[C@H](NC(=O)[C@H](CC(C)C)NC(=O)[C@H](Cc1cnc[nH]1)NC(=O)CNC(=O)[C@@H](NC(=O)[C@H](C)NC(=O)[C@H](Cc1c[nH]c2ccccc12)NC(=O)[C@H](CCC(N)=O)NC(=O)[C@H](CC(N)=O)NC(=O)CNC(=O)[C@H](Cc1ccc(O)cc1)NC(=O)[C@H](CCCNC(=N)N)NC(=O)[C@H](CCC(N)=O)NC(=O)c1ccc(NC(=O)CNC(=O)CN2CCN(CC(=O)O)CCN(CC(=O)O)CCN(CC(=O)O)CC2)cc1)C(C)C)C(N)=O. The number of amides is 19. The molecule has 0 bridgehead atoms. The summed E-state index contributed by atoms with van der Waals surface area (Å²) in [6.07, 6.45) is 1.95. The third kappa shape index (κ3) is 45.6. The molecule has 3 aromatic carbocycles. The van der Waals surface area contributed by atoms with Crippen LogP contribution in [0.25, 0.3) is 10.9 Å². The molecule has 0 aliphatic carbocycles. The fourth-order valence-electron chi connectivity index (χ4n) is 15.4. The molecular formula is C94H137N29O26S. The lowest BCUT2D eigenvalue weighted by atomic mass is 10.0. The number of H-pyrrole nitrogens is 2. The van der Waals surface area contributed by atoms with Gasteiger partial charge in [-0.2, -0.15) is 11.8 Å². The molecule has 1 aliphatic rings. The van der Waals surface area contributed by atoms with E-state index in [1.54, 1.807) is 71.6 Å². The van der Waals surface area contributed by atoms with Crippen LogP contribution in [0.4, 0.5) is 5.69 Å². The number of anilines is 1. The van der Waals surface area contributed by atoms with Gasteiger partial charge in [-0.25, -0.2) is 4.98 Å². The molecule has 6 rings (SSSR count). The molecule has 150 heavy (non-hydrogen) atoms. The third-order valence-electron chi connectivity index (χ3n) is 23.4. The van der Waals surface area contributed by atoms with Gasteiger partial charge in [0.25, 0.3) is 5.91 Å². The first-order chi connectivity index (χ1) is 71.0. The maximum atomic E-state index is 14.8. The van der Waals surface area contributed by atoms with Crippen molar-refractivity contribution >= 4 is 164 Å². The number of para-hydroxylation sites is 1. The molecule has 1 aliphatic heterocycles. The van der Waals surface area contributed by atoms with E-state index in [2.05, 4.69) is 100 Å². The number of aromatic nitrogens is 3. The zero-order valence-electron chi connectivity index (χ0n) is 84.0. The highest BCUT2D eigenvalue weighted by Gasteiger charge is 2.38. The van der Waals surface area contributed by atoms with Gasteiger partial charge in [0, 0.05) is 131 Å². The molecule has 5 aromatic rings. The number of guanidine groups is 1. The number of carboxylic acids is 3. The molecule has 1 fully saturated rings. The standard InChI is InChI=1S/C94H137N29O26S/c1-51(2)36-66(90(146)112-62(82(98)138)25-35-150-6)116-91(147)69(39-58-42-101-50-107-58)110-76(130)45-106-93(149)81(52(3)4)119-83(139)53(5)108-89(145)68(38-56-41-103-61-11-8-7-10-60(56)61)118-88(144)65(22-24-72(96)126)115-92(148)70(40-73(97)127)111-75(129)44-105-85(141)67(37-54-13-19-59(124)20-14-54)117-86(142)63(12-9-26-102-94(99)100)114-87(143)64(21-23-71(95)125)113-84(140)55-15-17-57(18-16-55)109-74(128)43-104-77(131)46-120-27-29-121(47-78(132)133)31-33-123(49-80(136)137)34-32-122(30-28-120)48-79(134)135/h7-8,10-11,13-20,41-42,50-53,62-70,81,103,124H,9,12,21-40,43-49H2,1-6H3,(H2,95,125)(H2,96,126)(H2,97,127)(H2,98,138)(H,101,107)(H,104,131)(H,105,141)(H,106,149)(H,108,145)(H,109,128)(H,110,130)(H,111,129)(H,112,146)(H,113,140)(H,114,143)(H,115,148)(H,116,147)(H,117,142)(H,118,144)(H,119,139)(H,132,133)(H,134,135)(H,136,137)(H4,99,100,102)/t53-,62-,63-,64-,65-,66-,67-,68-,69-,70-,81-/m0/s1.